The van der Waals surface area contributed by atoms with Crippen LogP contribution in [0.4, 0.5) is 4.39 Å². The lowest BCUT2D eigenvalue weighted by atomic mass is 10.0. The molecule has 0 aliphatic carbocycles. The highest BCUT2D eigenvalue weighted by molar-refractivity contribution is 5.94. The first-order chi connectivity index (χ1) is 13.6. The van der Waals surface area contributed by atoms with Crippen molar-refractivity contribution in [2.75, 3.05) is 19.7 Å². The fourth-order valence-electron chi connectivity index (χ4n) is 3.77. The van der Waals surface area contributed by atoms with Gasteiger partial charge in [-0.3, -0.25) is 14.7 Å². The number of benzene rings is 1. The molecule has 2 aliphatic heterocycles. The van der Waals surface area contributed by atoms with Gasteiger partial charge in [0.1, 0.15) is 11.9 Å². The molecule has 8 heteroatoms. The van der Waals surface area contributed by atoms with E-state index in [9.17, 15) is 14.0 Å². The average molecular weight is 386 g/mol. The van der Waals surface area contributed by atoms with Gasteiger partial charge in [-0.2, -0.15) is 5.10 Å². The molecule has 1 fully saturated rings. The molecular weight excluding hydrogens is 363 g/mol. The minimum atomic E-state index is -0.342. The largest absolute Gasteiger partial charge is 0.368 e. The summed E-state index contributed by atoms with van der Waals surface area (Å²) in [5, 5.41) is 9.85. The van der Waals surface area contributed by atoms with E-state index in [2.05, 4.69) is 15.5 Å². The van der Waals surface area contributed by atoms with Gasteiger partial charge < -0.3 is 15.0 Å². The molecule has 1 aromatic heterocycles. The van der Waals surface area contributed by atoms with E-state index in [1.165, 1.54) is 6.07 Å². The number of aromatic amines is 1. The first-order valence-electron chi connectivity index (χ1n) is 9.61. The van der Waals surface area contributed by atoms with Crippen LogP contribution in [0.25, 0.3) is 0 Å². The Morgan fingerprint density at radius 3 is 3.00 bits per heavy atom. The third-order valence-corrected chi connectivity index (χ3v) is 5.30. The predicted octanol–water partition coefficient (Wildman–Crippen LogP) is 1.58. The number of halogens is 1. The quantitative estimate of drug-likeness (QED) is 0.817. The van der Waals surface area contributed by atoms with Gasteiger partial charge in [0, 0.05) is 25.3 Å². The highest BCUT2D eigenvalue weighted by Crippen LogP contribution is 2.23. The zero-order valence-electron chi connectivity index (χ0n) is 15.5. The molecule has 7 nitrogen and oxygen atoms in total. The molecule has 4 rings (SSSR count). The highest BCUT2D eigenvalue weighted by Gasteiger charge is 2.32. The zero-order valence-corrected chi connectivity index (χ0v) is 15.5. The molecule has 28 heavy (non-hydrogen) atoms. The van der Waals surface area contributed by atoms with Crippen molar-refractivity contribution in [2.24, 2.45) is 0 Å². The van der Waals surface area contributed by atoms with Crippen LogP contribution in [0.15, 0.2) is 24.3 Å². The van der Waals surface area contributed by atoms with E-state index in [1.54, 1.807) is 23.1 Å². The lowest BCUT2D eigenvalue weighted by Gasteiger charge is -2.28. The topological polar surface area (TPSA) is 87.3 Å². The lowest BCUT2D eigenvalue weighted by molar-refractivity contribution is -0.141. The summed E-state index contributed by atoms with van der Waals surface area (Å²) in [6.07, 6.45) is 2.32. The molecule has 1 atom stereocenters. The summed E-state index contributed by atoms with van der Waals surface area (Å²) in [4.78, 5) is 26.8. The van der Waals surface area contributed by atoms with E-state index in [1.807, 2.05) is 0 Å². The number of carbonyl (C=O) groups is 2. The van der Waals surface area contributed by atoms with E-state index in [4.69, 9.17) is 4.74 Å². The molecular formula is C20H23FN4O3. The fourth-order valence-corrected chi connectivity index (χ4v) is 3.77. The number of hydrogen-bond donors (Lipinski definition) is 2. The second kappa shape index (κ2) is 8.10. The number of H-pyrrole nitrogens is 1. The van der Waals surface area contributed by atoms with Crippen molar-refractivity contribution in [2.45, 2.75) is 38.3 Å². The van der Waals surface area contributed by atoms with Crippen LogP contribution in [0.2, 0.25) is 0 Å². The fraction of sp³-hybridized carbons (Fsp3) is 0.450. The summed E-state index contributed by atoms with van der Waals surface area (Å²) < 4.78 is 19.1. The van der Waals surface area contributed by atoms with E-state index in [-0.39, 0.29) is 23.7 Å². The van der Waals surface area contributed by atoms with Crippen molar-refractivity contribution in [1.82, 2.24) is 20.4 Å². The van der Waals surface area contributed by atoms with Gasteiger partial charge in [0.2, 0.25) is 0 Å². The zero-order chi connectivity index (χ0) is 19.5. The van der Waals surface area contributed by atoms with Crippen LogP contribution in [-0.2, 0) is 28.9 Å². The molecule has 3 heterocycles. The van der Waals surface area contributed by atoms with E-state index in [0.717, 1.165) is 24.1 Å². The number of ether oxygens (including phenoxy) is 1. The Kier molecular flexibility index (Phi) is 5.38. The van der Waals surface area contributed by atoms with Gasteiger partial charge in [-0.25, -0.2) is 4.39 Å². The normalized spacial score (nSPS) is 18.8. The van der Waals surface area contributed by atoms with Crippen molar-refractivity contribution in [1.29, 1.82) is 0 Å². The summed E-state index contributed by atoms with van der Waals surface area (Å²) >= 11 is 0. The van der Waals surface area contributed by atoms with E-state index in [0.29, 0.717) is 50.3 Å². The van der Waals surface area contributed by atoms with E-state index < -0.39 is 0 Å². The molecule has 0 bridgehead atoms. The van der Waals surface area contributed by atoms with Crippen molar-refractivity contribution in [3.8, 4) is 0 Å². The number of nitrogens with one attached hydrogen (secondary N) is 2. The van der Waals surface area contributed by atoms with Crippen molar-refractivity contribution in [3.05, 3.63) is 52.6 Å². The number of amides is 2. The van der Waals surface area contributed by atoms with Crippen LogP contribution in [-0.4, -0.2) is 52.7 Å². The summed E-state index contributed by atoms with van der Waals surface area (Å²) in [5.74, 6) is -0.550. The Hall–Kier alpha value is -2.74. The first kappa shape index (κ1) is 18.6. The lowest BCUT2D eigenvalue weighted by Crippen LogP contribution is -2.42. The Morgan fingerprint density at radius 2 is 2.21 bits per heavy atom. The molecule has 0 unspecified atom stereocenters. The maximum atomic E-state index is 13.7. The van der Waals surface area contributed by atoms with E-state index >= 15 is 0 Å². The standard InChI is InChI=1S/C20H23FN4O3/c21-15-5-2-1-4-13(15)7-9-22-19(26)18-14-8-10-25(12-16(14)23-24-18)20(27)17-6-3-11-28-17/h1-2,4-5,17H,3,6-12H2,(H,22,26)(H,23,24)/t17-/m1/s1. The second-order valence-electron chi connectivity index (χ2n) is 7.14. The first-order valence-corrected chi connectivity index (χ1v) is 9.61. The third kappa shape index (κ3) is 3.77. The van der Waals surface area contributed by atoms with Gasteiger partial charge >= 0.3 is 0 Å². The number of carbonyl (C=O) groups excluding carboxylic acids is 2. The van der Waals surface area contributed by atoms with Gasteiger partial charge in [0.15, 0.2) is 5.69 Å². The smallest absolute Gasteiger partial charge is 0.272 e. The summed E-state index contributed by atoms with van der Waals surface area (Å²) in [7, 11) is 0. The van der Waals surface area contributed by atoms with Gasteiger partial charge in [0.25, 0.3) is 11.8 Å². The van der Waals surface area contributed by atoms with Gasteiger partial charge in [0.05, 0.1) is 12.2 Å². The van der Waals surface area contributed by atoms with Crippen molar-refractivity contribution < 1.29 is 18.7 Å². The Labute approximate surface area is 162 Å². The summed E-state index contributed by atoms with van der Waals surface area (Å²) in [6.45, 7) is 1.91. The predicted molar refractivity (Wildman–Crippen MR) is 99.1 cm³/mol. The van der Waals surface area contributed by atoms with Gasteiger partial charge in [-0.1, -0.05) is 18.2 Å². The van der Waals surface area contributed by atoms with Crippen LogP contribution >= 0.6 is 0 Å². The summed E-state index contributed by atoms with van der Waals surface area (Å²) in [5.41, 5.74) is 2.56. The van der Waals surface area contributed by atoms with Crippen LogP contribution < -0.4 is 5.32 Å². The molecule has 2 aliphatic rings. The molecule has 148 valence electrons. The van der Waals surface area contributed by atoms with Gasteiger partial charge in [-0.15, -0.1) is 0 Å². The number of fused-ring (bicyclic) bond motifs is 1. The molecule has 0 saturated carbocycles. The molecule has 1 saturated heterocycles. The minimum absolute atomic E-state index is 0.00800. The molecule has 2 aromatic rings. The van der Waals surface area contributed by atoms with Crippen molar-refractivity contribution >= 4 is 11.8 Å². The number of aromatic nitrogens is 2. The molecule has 2 amide bonds. The monoisotopic (exact) mass is 386 g/mol. The van der Waals surface area contributed by atoms with Crippen molar-refractivity contribution in [3.63, 3.8) is 0 Å². The average Bonchev–Trinajstić information content (AvgIpc) is 3.38. The number of hydrogen-bond acceptors (Lipinski definition) is 4. The maximum absolute atomic E-state index is 13.7. The second-order valence-corrected chi connectivity index (χ2v) is 7.14. The molecule has 1 aromatic carbocycles. The molecule has 2 N–H and O–H groups in total. The maximum Gasteiger partial charge on any atom is 0.272 e. The number of rotatable bonds is 5. The van der Waals surface area contributed by atoms with Crippen LogP contribution in [0.3, 0.4) is 0 Å². The van der Waals surface area contributed by atoms with Crippen LogP contribution in [0.1, 0.15) is 40.2 Å². The Balaban J connectivity index is 1.35. The molecule has 0 spiro atoms. The SMILES string of the molecule is O=C(NCCc1ccccc1F)c1n[nH]c2c1CCN(C(=O)[C@H]1CCCO1)C2. The third-order valence-electron chi connectivity index (χ3n) is 5.30. The summed E-state index contributed by atoms with van der Waals surface area (Å²) in [6, 6.07) is 6.52. The number of nitrogens with zero attached hydrogens (tertiary/aromatic N) is 2. The molecule has 0 radical (unpaired) electrons. The van der Waals surface area contributed by atoms with Crippen LogP contribution in [0, 0.1) is 5.82 Å². The van der Waals surface area contributed by atoms with Gasteiger partial charge in [-0.05, 0) is 37.3 Å². The minimum Gasteiger partial charge on any atom is -0.368 e. The highest BCUT2D eigenvalue weighted by atomic mass is 19.1. The Morgan fingerprint density at radius 1 is 1.36 bits per heavy atom. The van der Waals surface area contributed by atoms with Crippen LogP contribution in [0.5, 0.6) is 0 Å². The Bertz CT molecular complexity index is 876.